The molecule has 0 N–H and O–H groups in total. The summed E-state index contributed by atoms with van der Waals surface area (Å²) in [7, 11) is 0. The third-order valence-corrected chi connectivity index (χ3v) is 5.74. The Morgan fingerprint density at radius 3 is 2.59 bits per heavy atom. The Hall–Kier alpha value is -1.88. The molecular weight excluding hydrogens is 338 g/mol. The van der Waals surface area contributed by atoms with Gasteiger partial charge in [0.05, 0.1) is 6.04 Å². The number of hydrogen-bond donors (Lipinski definition) is 0. The van der Waals surface area contributed by atoms with Gasteiger partial charge in [-0.05, 0) is 30.7 Å². The summed E-state index contributed by atoms with van der Waals surface area (Å²) in [5, 5.41) is 0. The molecule has 0 radical (unpaired) electrons. The summed E-state index contributed by atoms with van der Waals surface area (Å²) in [4.78, 5) is 31.6. The minimum atomic E-state index is -0.0144. The van der Waals surface area contributed by atoms with Crippen molar-refractivity contribution in [3.8, 4) is 0 Å². The smallest absolute Gasteiger partial charge is 0.240 e. The maximum Gasteiger partial charge on any atom is 0.240 e. The summed E-state index contributed by atoms with van der Waals surface area (Å²) in [5.41, 5.74) is 1.18. The van der Waals surface area contributed by atoms with Crippen molar-refractivity contribution < 1.29 is 9.59 Å². The number of likely N-dealkylation sites (tertiary alicyclic amines) is 1. The molecule has 2 aliphatic rings. The topological polar surface area (TPSA) is 43.9 Å². The van der Waals surface area contributed by atoms with Gasteiger partial charge in [-0.1, -0.05) is 44.2 Å². The molecule has 2 amide bonds. The third-order valence-electron chi connectivity index (χ3n) is 5.74. The van der Waals surface area contributed by atoms with Crippen molar-refractivity contribution in [2.75, 3.05) is 32.7 Å². The van der Waals surface area contributed by atoms with Gasteiger partial charge in [0.15, 0.2) is 0 Å². The van der Waals surface area contributed by atoms with Crippen molar-refractivity contribution in [1.29, 1.82) is 0 Å². The Kier molecular flexibility index (Phi) is 6.89. The summed E-state index contributed by atoms with van der Waals surface area (Å²) in [6.07, 6.45) is 3.45. The van der Waals surface area contributed by atoms with Gasteiger partial charge in [-0.2, -0.15) is 0 Å². The highest BCUT2D eigenvalue weighted by molar-refractivity contribution is 5.84. The highest BCUT2D eigenvalue weighted by atomic mass is 16.2. The summed E-state index contributed by atoms with van der Waals surface area (Å²) in [6.45, 7) is 9.12. The number of benzene rings is 1. The molecular formula is C22H33N3O2. The number of carbonyl (C=O) groups is 2. The lowest BCUT2D eigenvalue weighted by atomic mass is 10.1. The standard InChI is InChI=1S/C22H33N3O2/c1-18(2)9-10-21(26)24-13-6-12-23(15-16-24)20-11-14-25(22(20)27)17-19-7-4-3-5-8-19/h3-5,7-8,18,20H,6,9-17H2,1-2H3/t20-/m0/s1. The second-order valence-corrected chi connectivity index (χ2v) is 8.25. The van der Waals surface area contributed by atoms with E-state index in [1.807, 2.05) is 28.0 Å². The Morgan fingerprint density at radius 1 is 1.07 bits per heavy atom. The van der Waals surface area contributed by atoms with Crippen LogP contribution in [0.2, 0.25) is 0 Å². The zero-order valence-electron chi connectivity index (χ0n) is 16.8. The van der Waals surface area contributed by atoms with Crippen LogP contribution < -0.4 is 0 Å². The van der Waals surface area contributed by atoms with Crippen LogP contribution in [0.25, 0.3) is 0 Å². The summed E-state index contributed by atoms with van der Waals surface area (Å²) >= 11 is 0. The molecule has 2 aliphatic heterocycles. The van der Waals surface area contributed by atoms with Crippen LogP contribution in [0.15, 0.2) is 30.3 Å². The van der Waals surface area contributed by atoms with E-state index in [9.17, 15) is 9.59 Å². The van der Waals surface area contributed by atoms with E-state index < -0.39 is 0 Å². The quantitative estimate of drug-likeness (QED) is 0.772. The predicted octanol–water partition coefficient (Wildman–Crippen LogP) is 2.76. The molecule has 0 bridgehead atoms. The Balaban J connectivity index is 1.52. The predicted molar refractivity (Wildman–Crippen MR) is 107 cm³/mol. The molecule has 5 nitrogen and oxygen atoms in total. The second-order valence-electron chi connectivity index (χ2n) is 8.25. The monoisotopic (exact) mass is 371 g/mol. The van der Waals surface area contributed by atoms with Gasteiger partial charge < -0.3 is 9.80 Å². The first-order valence-electron chi connectivity index (χ1n) is 10.4. The lowest BCUT2D eigenvalue weighted by Gasteiger charge is -2.27. The molecule has 0 saturated carbocycles. The summed E-state index contributed by atoms with van der Waals surface area (Å²) in [5.74, 6) is 1.08. The van der Waals surface area contributed by atoms with Gasteiger partial charge in [-0.25, -0.2) is 0 Å². The Bertz CT molecular complexity index is 632. The van der Waals surface area contributed by atoms with Gasteiger partial charge in [-0.15, -0.1) is 0 Å². The zero-order valence-corrected chi connectivity index (χ0v) is 16.8. The van der Waals surface area contributed by atoms with E-state index in [0.29, 0.717) is 18.9 Å². The van der Waals surface area contributed by atoms with Crippen molar-refractivity contribution in [1.82, 2.24) is 14.7 Å². The molecule has 1 aromatic carbocycles. The van der Waals surface area contributed by atoms with Gasteiger partial charge in [0, 0.05) is 45.7 Å². The molecule has 2 saturated heterocycles. The number of amides is 2. The van der Waals surface area contributed by atoms with E-state index in [-0.39, 0.29) is 17.9 Å². The molecule has 2 fully saturated rings. The maximum absolute atomic E-state index is 12.9. The van der Waals surface area contributed by atoms with Crippen LogP contribution in [0.1, 0.15) is 45.1 Å². The van der Waals surface area contributed by atoms with Crippen LogP contribution in [0, 0.1) is 5.92 Å². The lowest BCUT2D eigenvalue weighted by molar-refractivity contribution is -0.132. The maximum atomic E-state index is 12.9. The molecule has 3 rings (SSSR count). The van der Waals surface area contributed by atoms with Gasteiger partial charge in [0.1, 0.15) is 0 Å². The molecule has 27 heavy (non-hydrogen) atoms. The average molecular weight is 372 g/mol. The molecule has 148 valence electrons. The molecule has 5 heteroatoms. The van der Waals surface area contributed by atoms with Gasteiger partial charge in [-0.3, -0.25) is 14.5 Å². The van der Waals surface area contributed by atoms with E-state index in [2.05, 4.69) is 30.9 Å². The van der Waals surface area contributed by atoms with E-state index in [4.69, 9.17) is 0 Å². The number of rotatable bonds is 6. The number of carbonyl (C=O) groups excluding carboxylic acids is 2. The molecule has 0 unspecified atom stereocenters. The molecule has 1 aromatic rings. The highest BCUT2D eigenvalue weighted by Gasteiger charge is 2.36. The van der Waals surface area contributed by atoms with Crippen molar-refractivity contribution >= 4 is 11.8 Å². The van der Waals surface area contributed by atoms with E-state index >= 15 is 0 Å². The SMILES string of the molecule is CC(C)CCC(=O)N1CCCN([C@H]2CCN(Cc3ccccc3)C2=O)CC1. The molecule has 0 aliphatic carbocycles. The summed E-state index contributed by atoms with van der Waals surface area (Å²) < 4.78 is 0. The third kappa shape index (κ3) is 5.32. The highest BCUT2D eigenvalue weighted by Crippen LogP contribution is 2.21. The van der Waals surface area contributed by atoms with E-state index in [1.54, 1.807) is 0 Å². The van der Waals surface area contributed by atoms with E-state index in [1.165, 1.54) is 5.56 Å². The molecule has 0 spiro atoms. The van der Waals surface area contributed by atoms with Crippen molar-refractivity contribution in [3.05, 3.63) is 35.9 Å². The van der Waals surface area contributed by atoms with Crippen LogP contribution in [-0.2, 0) is 16.1 Å². The normalized spacial score (nSPS) is 21.7. The average Bonchev–Trinajstić information content (AvgIpc) is 2.87. The lowest BCUT2D eigenvalue weighted by Crippen LogP contribution is -2.44. The van der Waals surface area contributed by atoms with Gasteiger partial charge in [0.2, 0.25) is 11.8 Å². The fourth-order valence-electron chi connectivity index (χ4n) is 4.09. The zero-order chi connectivity index (χ0) is 19.2. The van der Waals surface area contributed by atoms with Crippen LogP contribution >= 0.6 is 0 Å². The van der Waals surface area contributed by atoms with Crippen LogP contribution in [0.4, 0.5) is 0 Å². The van der Waals surface area contributed by atoms with Gasteiger partial charge >= 0.3 is 0 Å². The first-order chi connectivity index (χ1) is 13.0. The number of hydrogen-bond acceptors (Lipinski definition) is 3. The van der Waals surface area contributed by atoms with E-state index in [0.717, 1.165) is 52.0 Å². The minimum absolute atomic E-state index is 0.0144. The Morgan fingerprint density at radius 2 is 1.85 bits per heavy atom. The fourth-order valence-corrected chi connectivity index (χ4v) is 4.09. The van der Waals surface area contributed by atoms with Crippen molar-refractivity contribution in [3.63, 3.8) is 0 Å². The first kappa shape index (κ1) is 19.9. The molecule has 1 atom stereocenters. The molecule has 0 aromatic heterocycles. The summed E-state index contributed by atoms with van der Waals surface area (Å²) in [6, 6.07) is 10.2. The van der Waals surface area contributed by atoms with Crippen molar-refractivity contribution in [2.24, 2.45) is 5.92 Å². The van der Waals surface area contributed by atoms with Crippen LogP contribution in [-0.4, -0.2) is 65.3 Å². The minimum Gasteiger partial charge on any atom is -0.341 e. The van der Waals surface area contributed by atoms with Crippen LogP contribution in [0.3, 0.4) is 0 Å². The number of nitrogens with zero attached hydrogens (tertiary/aromatic N) is 3. The Labute approximate surface area is 163 Å². The van der Waals surface area contributed by atoms with Crippen LogP contribution in [0.5, 0.6) is 0 Å². The fraction of sp³-hybridized carbons (Fsp3) is 0.636. The largest absolute Gasteiger partial charge is 0.341 e. The first-order valence-corrected chi connectivity index (χ1v) is 10.4. The van der Waals surface area contributed by atoms with Crippen molar-refractivity contribution in [2.45, 2.75) is 52.1 Å². The second kappa shape index (κ2) is 9.36. The molecule has 2 heterocycles. The van der Waals surface area contributed by atoms with Gasteiger partial charge in [0.25, 0.3) is 0 Å².